The molecule has 0 saturated heterocycles. The minimum absolute atomic E-state index is 0.772. The average Bonchev–Trinajstić information content (AvgIpc) is 2.18. The van der Waals surface area contributed by atoms with Gasteiger partial charge >= 0.3 is 0 Å². The summed E-state index contributed by atoms with van der Waals surface area (Å²) in [6.07, 6.45) is 1.23. The highest BCUT2D eigenvalue weighted by Gasteiger charge is 1.98. The first-order valence-corrected chi connectivity index (χ1v) is 6.83. The molecule has 1 nitrogen and oxygen atoms in total. The van der Waals surface area contributed by atoms with Gasteiger partial charge in [-0.2, -0.15) is 0 Å². The van der Waals surface area contributed by atoms with Crippen molar-refractivity contribution in [2.24, 2.45) is 5.92 Å². The van der Waals surface area contributed by atoms with Crippen LogP contribution in [0.4, 0.5) is 0 Å². The van der Waals surface area contributed by atoms with Crippen molar-refractivity contribution in [3.05, 3.63) is 32.7 Å². The summed E-state index contributed by atoms with van der Waals surface area (Å²) in [7, 11) is 0. The van der Waals surface area contributed by atoms with Gasteiger partial charge in [-0.3, -0.25) is 0 Å². The highest BCUT2D eigenvalue weighted by Crippen LogP contribution is 2.23. The van der Waals surface area contributed by atoms with Gasteiger partial charge in [0.2, 0.25) is 0 Å². The molecule has 0 unspecified atom stereocenters. The molecule has 84 valence electrons. The van der Waals surface area contributed by atoms with Crippen molar-refractivity contribution in [2.75, 3.05) is 6.54 Å². The van der Waals surface area contributed by atoms with Gasteiger partial charge in [-0.15, -0.1) is 0 Å². The van der Waals surface area contributed by atoms with Crippen molar-refractivity contribution in [3.8, 4) is 0 Å². The third kappa shape index (κ3) is 5.14. The molecule has 0 heterocycles. The smallest absolute Gasteiger partial charge is 0.0320 e. The summed E-state index contributed by atoms with van der Waals surface area (Å²) >= 11 is 6.97. The second kappa shape index (κ2) is 6.66. The number of nitrogens with one attached hydrogen (secondary N) is 1. The normalized spacial score (nSPS) is 11.0. The Balaban J connectivity index is 2.35. The van der Waals surface area contributed by atoms with Crippen LogP contribution in [0, 0.1) is 5.92 Å². The van der Waals surface area contributed by atoms with Gasteiger partial charge in [0, 0.05) is 15.5 Å². The van der Waals surface area contributed by atoms with Gasteiger partial charge in [0.25, 0.3) is 0 Å². The molecule has 15 heavy (non-hydrogen) atoms. The molecule has 0 aliphatic rings. The lowest BCUT2D eigenvalue weighted by atomic mass is 10.1. The number of benzene rings is 1. The molecule has 0 aliphatic heterocycles. The zero-order valence-corrected chi connectivity index (χ0v) is 12.4. The molecule has 0 bridgehead atoms. The van der Waals surface area contributed by atoms with E-state index in [2.05, 4.69) is 69.2 Å². The second-order valence-electron chi connectivity index (χ2n) is 4.11. The van der Waals surface area contributed by atoms with Crippen LogP contribution >= 0.6 is 31.9 Å². The molecule has 1 aromatic rings. The Morgan fingerprint density at radius 3 is 2.53 bits per heavy atom. The van der Waals surface area contributed by atoms with Gasteiger partial charge in [-0.05, 0) is 68.4 Å². The lowest BCUT2D eigenvalue weighted by Crippen LogP contribution is -2.16. The Labute approximate surface area is 109 Å². The predicted octanol–water partition coefficient (Wildman–Crippen LogP) is 4.35. The van der Waals surface area contributed by atoms with Crippen LogP contribution in [0.3, 0.4) is 0 Å². The van der Waals surface area contributed by atoms with Crippen LogP contribution in [0.15, 0.2) is 27.1 Å². The highest BCUT2D eigenvalue weighted by molar-refractivity contribution is 9.13. The zero-order valence-electron chi connectivity index (χ0n) is 9.19. The number of rotatable bonds is 5. The maximum atomic E-state index is 3.50. The quantitative estimate of drug-likeness (QED) is 0.789. The molecule has 0 saturated carbocycles. The van der Waals surface area contributed by atoms with Crippen molar-refractivity contribution in [1.82, 2.24) is 5.32 Å². The molecule has 0 amide bonds. The molecule has 0 aromatic heterocycles. The Bertz CT molecular complexity index is 310. The third-order valence-electron chi connectivity index (χ3n) is 2.21. The molecular weight excluding hydrogens is 318 g/mol. The number of hydrogen-bond donors (Lipinski definition) is 1. The van der Waals surface area contributed by atoms with Crippen LogP contribution in [0.5, 0.6) is 0 Å². The van der Waals surface area contributed by atoms with Gasteiger partial charge < -0.3 is 5.32 Å². The highest BCUT2D eigenvalue weighted by atomic mass is 79.9. The molecule has 0 atom stereocenters. The van der Waals surface area contributed by atoms with Crippen LogP contribution in [0.1, 0.15) is 25.8 Å². The SMILES string of the molecule is CC(C)CCNCc1ccc(Br)c(Br)c1. The van der Waals surface area contributed by atoms with Crippen molar-refractivity contribution < 1.29 is 0 Å². The summed E-state index contributed by atoms with van der Waals surface area (Å²) in [5, 5.41) is 3.44. The van der Waals surface area contributed by atoms with Crippen molar-refractivity contribution in [2.45, 2.75) is 26.8 Å². The van der Waals surface area contributed by atoms with Crippen molar-refractivity contribution >= 4 is 31.9 Å². The van der Waals surface area contributed by atoms with Gasteiger partial charge in [0.15, 0.2) is 0 Å². The van der Waals surface area contributed by atoms with Crippen molar-refractivity contribution in [3.63, 3.8) is 0 Å². The van der Waals surface area contributed by atoms with E-state index < -0.39 is 0 Å². The fourth-order valence-corrected chi connectivity index (χ4v) is 1.95. The minimum atomic E-state index is 0.772. The Kier molecular flexibility index (Phi) is 5.87. The first kappa shape index (κ1) is 13.2. The van der Waals surface area contributed by atoms with E-state index in [1.165, 1.54) is 12.0 Å². The van der Waals surface area contributed by atoms with Gasteiger partial charge in [0.05, 0.1) is 0 Å². The van der Waals surface area contributed by atoms with Crippen LogP contribution in [-0.4, -0.2) is 6.54 Å². The topological polar surface area (TPSA) is 12.0 Å². The Morgan fingerprint density at radius 2 is 1.93 bits per heavy atom. The minimum Gasteiger partial charge on any atom is -0.313 e. The van der Waals surface area contributed by atoms with E-state index in [4.69, 9.17) is 0 Å². The van der Waals surface area contributed by atoms with Gasteiger partial charge in [-0.1, -0.05) is 19.9 Å². The third-order valence-corrected chi connectivity index (χ3v) is 4.09. The van der Waals surface area contributed by atoms with E-state index >= 15 is 0 Å². The zero-order chi connectivity index (χ0) is 11.3. The van der Waals surface area contributed by atoms with E-state index in [0.717, 1.165) is 28.0 Å². The first-order valence-electron chi connectivity index (χ1n) is 5.24. The van der Waals surface area contributed by atoms with E-state index in [-0.39, 0.29) is 0 Å². The van der Waals surface area contributed by atoms with Crippen LogP contribution in [0.2, 0.25) is 0 Å². The maximum absolute atomic E-state index is 3.50. The number of hydrogen-bond acceptors (Lipinski definition) is 1. The lowest BCUT2D eigenvalue weighted by Gasteiger charge is -2.07. The van der Waals surface area contributed by atoms with E-state index in [0.29, 0.717) is 0 Å². The standard InChI is InChI=1S/C12H17Br2N/c1-9(2)5-6-15-8-10-3-4-11(13)12(14)7-10/h3-4,7,9,15H,5-6,8H2,1-2H3. The fourth-order valence-electron chi connectivity index (χ4n) is 1.27. The molecule has 1 aromatic carbocycles. The Morgan fingerprint density at radius 1 is 1.20 bits per heavy atom. The maximum Gasteiger partial charge on any atom is 0.0320 e. The summed E-state index contributed by atoms with van der Waals surface area (Å²) in [6, 6.07) is 6.35. The molecule has 1 rings (SSSR count). The second-order valence-corrected chi connectivity index (χ2v) is 5.82. The van der Waals surface area contributed by atoms with Crippen molar-refractivity contribution in [1.29, 1.82) is 0 Å². The Hall–Kier alpha value is 0.140. The summed E-state index contributed by atoms with van der Waals surface area (Å²) in [4.78, 5) is 0. The molecule has 1 N–H and O–H groups in total. The van der Waals surface area contributed by atoms with Crippen LogP contribution in [-0.2, 0) is 6.54 Å². The lowest BCUT2D eigenvalue weighted by molar-refractivity contribution is 0.537. The monoisotopic (exact) mass is 333 g/mol. The average molecular weight is 335 g/mol. The molecular formula is C12H17Br2N. The summed E-state index contributed by atoms with van der Waals surface area (Å²) < 4.78 is 2.22. The first-order chi connectivity index (χ1) is 7.09. The summed E-state index contributed by atoms with van der Waals surface area (Å²) in [5.74, 6) is 0.772. The molecule has 0 radical (unpaired) electrons. The fraction of sp³-hybridized carbons (Fsp3) is 0.500. The molecule has 0 fully saturated rings. The van der Waals surface area contributed by atoms with Gasteiger partial charge in [0.1, 0.15) is 0 Å². The summed E-state index contributed by atoms with van der Waals surface area (Å²) in [6.45, 7) is 6.53. The molecule has 0 spiro atoms. The van der Waals surface area contributed by atoms with E-state index in [1.54, 1.807) is 0 Å². The van der Waals surface area contributed by atoms with E-state index in [9.17, 15) is 0 Å². The molecule has 3 heteroatoms. The predicted molar refractivity (Wildman–Crippen MR) is 73.0 cm³/mol. The largest absolute Gasteiger partial charge is 0.313 e. The van der Waals surface area contributed by atoms with Crippen LogP contribution in [0.25, 0.3) is 0 Å². The van der Waals surface area contributed by atoms with Crippen LogP contribution < -0.4 is 5.32 Å². The van der Waals surface area contributed by atoms with Gasteiger partial charge in [-0.25, -0.2) is 0 Å². The molecule has 0 aliphatic carbocycles. The number of halogens is 2. The van der Waals surface area contributed by atoms with E-state index in [1.807, 2.05) is 0 Å². The summed E-state index contributed by atoms with van der Waals surface area (Å²) in [5.41, 5.74) is 1.31.